The molecule has 7 nitrogen and oxygen atoms in total. The summed E-state index contributed by atoms with van der Waals surface area (Å²) in [5.41, 5.74) is 0.518. The molecule has 1 atom stereocenters. The smallest absolute Gasteiger partial charge is 0.431 e. The van der Waals surface area contributed by atoms with Gasteiger partial charge in [0.25, 0.3) is 0 Å². The first kappa shape index (κ1) is 32.0. The predicted octanol–water partition coefficient (Wildman–Crippen LogP) is 6.97. The van der Waals surface area contributed by atoms with E-state index in [0.717, 1.165) is 11.5 Å². The average Bonchev–Trinajstić information content (AvgIpc) is 3.42. The lowest BCUT2D eigenvalue weighted by atomic mass is 10.0. The molecule has 0 unspecified atom stereocenters. The van der Waals surface area contributed by atoms with Crippen molar-refractivity contribution in [3.63, 3.8) is 0 Å². The molecule has 0 fully saturated rings. The Kier molecular flexibility index (Phi) is 10.5. The van der Waals surface area contributed by atoms with Crippen molar-refractivity contribution in [3.05, 3.63) is 119 Å². The summed E-state index contributed by atoms with van der Waals surface area (Å²) in [5.74, 6) is -1.10. The largest absolute Gasteiger partial charge is 0.494 e. The number of alkyl halides is 3. The van der Waals surface area contributed by atoms with Crippen molar-refractivity contribution in [2.24, 2.45) is 0 Å². The van der Waals surface area contributed by atoms with E-state index < -0.39 is 29.7 Å². The number of hydrogen-bond donors (Lipinski definition) is 2. The minimum absolute atomic E-state index is 0.0418. The molecule has 0 aliphatic carbocycles. The minimum Gasteiger partial charge on any atom is -0.494 e. The molecule has 3 aromatic carbocycles. The van der Waals surface area contributed by atoms with Crippen LogP contribution in [0.15, 0.2) is 95.1 Å². The van der Waals surface area contributed by atoms with E-state index in [0.29, 0.717) is 54.7 Å². The summed E-state index contributed by atoms with van der Waals surface area (Å²) in [6, 6.07) is 18.0. The summed E-state index contributed by atoms with van der Waals surface area (Å²) in [6.07, 6.45) is -3.04. The van der Waals surface area contributed by atoms with Gasteiger partial charge in [0.05, 0.1) is 12.3 Å². The number of aromatic nitrogens is 1. The van der Waals surface area contributed by atoms with E-state index in [1.165, 1.54) is 36.4 Å². The maximum absolute atomic E-state index is 13.7. The molecule has 4 aromatic rings. The van der Waals surface area contributed by atoms with Crippen molar-refractivity contribution in [1.82, 2.24) is 10.3 Å². The maximum Gasteiger partial charge on any atom is 0.431 e. The van der Waals surface area contributed by atoms with E-state index in [4.69, 9.17) is 9.15 Å². The molecule has 1 aromatic heterocycles. The lowest BCUT2D eigenvalue weighted by Gasteiger charge is -2.20. The highest BCUT2D eigenvalue weighted by Crippen LogP contribution is 2.26. The Morgan fingerprint density at radius 2 is 1.70 bits per heavy atom. The van der Waals surface area contributed by atoms with E-state index in [-0.39, 0.29) is 17.8 Å². The molecule has 0 aliphatic rings. The van der Waals surface area contributed by atoms with Gasteiger partial charge < -0.3 is 19.6 Å². The predicted molar refractivity (Wildman–Crippen MR) is 155 cm³/mol. The number of aliphatic carboxylic acids is 1. The van der Waals surface area contributed by atoms with Crippen molar-refractivity contribution >= 4 is 11.8 Å². The average molecular weight is 611 g/mol. The van der Waals surface area contributed by atoms with Crippen molar-refractivity contribution in [3.8, 4) is 17.2 Å². The number of oxazole rings is 1. The lowest BCUT2D eigenvalue weighted by molar-refractivity contribution is -0.140. The van der Waals surface area contributed by atoms with Crippen molar-refractivity contribution in [1.29, 1.82) is 0 Å². The number of carbonyl (C=O) groups excluding carboxylic acids is 1. The summed E-state index contributed by atoms with van der Waals surface area (Å²) < 4.78 is 65.9. The third kappa shape index (κ3) is 8.79. The Labute approximate surface area is 251 Å². The fraction of sp³-hybridized carbons (Fsp3) is 0.242. The van der Waals surface area contributed by atoms with Crippen LogP contribution < -0.4 is 10.1 Å². The lowest BCUT2D eigenvalue weighted by Crippen LogP contribution is -2.42. The molecular formula is C33H30F4N2O5. The molecule has 0 saturated heterocycles. The van der Waals surface area contributed by atoms with Crippen LogP contribution in [0.5, 0.6) is 5.75 Å². The number of ether oxygens (including phenoxy) is 1. The number of nitrogens with one attached hydrogen (secondary N) is 1. The van der Waals surface area contributed by atoms with Gasteiger partial charge in [-0.15, -0.1) is 0 Å². The number of hydrogen-bond acceptors (Lipinski definition) is 6. The van der Waals surface area contributed by atoms with Crippen LogP contribution in [0.4, 0.5) is 17.6 Å². The molecule has 0 bridgehead atoms. The van der Waals surface area contributed by atoms with E-state index in [1.807, 2.05) is 12.2 Å². The molecule has 0 spiro atoms. The third-order valence-electron chi connectivity index (χ3n) is 6.65. The van der Waals surface area contributed by atoms with Gasteiger partial charge in [-0.05, 0) is 54.8 Å². The standard InChI is InChI=1S/C33H30F4N2O5/c1-2-29-26(39-31(44-29)23-12-14-24(34)15-13-23)9-6-18-43-25-16-10-21(11-17-25)19-27(32(41)42)38-30(33(35,36)37)20-28(40)22-7-4-3-5-8-22/h3-5,7-8,10-17,20,27,38H,2,6,9,18-19H2,1H3,(H,41,42)/t27-/m0/s1. The van der Waals surface area contributed by atoms with Crippen LogP contribution in [0.25, 0.3) is 11.5 Å². The van der Waals surface area contributed by atoms with Crippen molar-refractivity contribution < 1.29 is 41.4 Å². The number of ketones is 1. The number of carboxylic acid groups (broad SMARTS) is 1. The summed E-state index contributed by atoms with van der Waals surface area (Å²) in [6.45, 7) is 2.29. The second-order valence-electron chi connectivity index (χ2n) is 9.87. The van der Waals surface area contributed by atoms with Crippen LogP contribution in [-0.4, -0.2) is 40.7 Å². The first-order valence-electron chi connectivity index (χ1n) is 13.9. The number of benzene rings is 3. The van der Waals surface area contributed by atoms with Crippen LogP contribution in [0, 0.1) is 5.82 Å². The zero-order valence-electron chi connectivity index (χ0n) is 23.7. The second kappa shape index (κ2) is 14.5. The number of rotatable bonds is 14. The molecule has 0 saturated carbocycles. The number of halogens is 4. The van der Waals surface area contributed by atoms with Gasteiger partial charge in [0.2, 0.25) is 5.89 Å². The molecule has 0 amide bonds. The van der Waals surface area contributed by atoms with Crippen LogP contribution in [0.2, 0.25) is 0 Å². The van der Waals surface area contributed by atoms with E-state index >= 15 is 0 Å². The van der Waals surface area contributed by atoms with E-state index in [2.05, 4.69) is 4.98 Å². The Bertz CT molecular complexity index is 1580. The molecule has 11 heteroatoms. The highest BCUT2D eigenvalue weighted by atomic mass is 19.4. The van der Waals surface area contributed by atoms with E-state index in [1.54, 1.807) is 42.5 Å². The molecule has 0 aliphatic heterocycles. The summed E-state index contributed by atoms with van der Waals surface area (Å²) in [4.78, 5) is 28.7. The van der Waals surface area contributed by atoms with Crippen LogP contribution in [0.3, 0.4) is 0 Å². The Hall–Kier alpha value is -4.93. The van der Waals surface area contributed by atoms with Gasteiger partial charge in [-0.1, -0.05) is 49.4 Å². The molecular weight excluding hydrogens is 580 g/mol. The van der Waals surface area contributed by atoms with Gasteiger partial charge in [0.15, 0.2) is 5.78 Å². The van der Waals surface area contributed by atoms with Crippen molar-refractivity contribution in [2.45, 2.75) is 44.8 Å². The first-order valence-corrected chi connectivity index (χ1v) is 13.9. The molecule has 230 valence electrons. The van der Waals surface area contributed by atoms with Crippen molar-refractivity contribution in [2.75, 3.05) is 6.61 Å². The molecule has 1 heterocycles. The number of nitrogens with zero attached hydrogens (tertiary/aromatic N) is 1. The maximum atomic E-state index is 13.7. The van der Waals surface area contributed by atoms with Gasteiger partial charge in [-0.2, -0.15) is 13.2 Å². The zero-order valence-corrected chi connectivity index (χ0v) is 23.7. The summed E-state index contributed by atoms with van der Waals surface area (Å²) in [7, 11) is 0. The van der Waals surface area contributed by atoms with Gasteiger partial charge in [0.1, 0.15) is 29.1 Å². The first-order chi connectivity index (χ1) is 21.0. The van der Waals surface area contributed by atoms with Crippen LogP contribution >= 0.6 is 0 Å². The number of carboxylic acids is 1. The number of aryl methyl sites for hydroxylation is 2. The topological polar surface area (TPSA) is 102 Å². The Morgan fingerprint density at radius 1 is 1.02 bits per heavy atom. The molecule has 4 rings (SSSR count). The SMILES string of the molecule is CCc1oc(-c2ccc(F)cc2)nc1CCCOc1ccc(C[C@H](NC(=CC(=O)c2ccccc2)C(F)(F)F)C(=O)O)cc1. The monoisotopic (exact) mass is 610 g/mol. The summed E-state index contributed by atoms with van der Waals surface area (Å²) in [5, 5.41) is 11.6. The molecule has 2 N–H and O–H groups in total. The third-order valence-corrected chi connectivity index (χ3v) is 6.65. The Balaban J connectivity index is 1.33. The Morgan fingerprint density at radius 3 is 2.32 bits per heavy atom. The fourth-order valence-electron chi connectivity index (χ4n) is 4.37. The van der Waals surface area contributed by atoms with E-state index in [9.17, 15) is 32.3 Å². The summed E-state index contributed by atoms with van der Waals surface area (Å²) >= 11 is 0. The zero-order chi connectivity index (χ0) is 31.7. The van der Waals surface area contributed by atoms with Gasteiger partial charge in [-0.3, -0.25) is 4.79 Å². The van der Waals surface area contributed by atoms with Crippen LogP contribution in [-0.2, 0) is 24.1 Å². The number of carbonyl (C=O) groups is 2. The van der Waals surface area contributed by atoms with Gasteiger partial charge in [0, 0.05) is 30.0 Å². The quantitative estimate of drug-likeness (QED) is 0.0688. The highest BCUT2D eigenvalue weighted by Gasteiger charge is 2.37. The molecule has 44 heavy (non-hydrogen) atoms. The highest BCUT2D eigenvalue weighted by molar-refractivity contribution is 6.05. The van der Waals surface area contributed by atoms with Gasteiger partial charge >= 0.3 is 12.1 Å². The normalized spacial score (nSPS) is 12.5. The van der Waals surface area contributed by atoms with Crippen LogP contribution in [0.1, 0.15) is 40.7 Å². The minimum atomic E-state index is -4.97. The second-order valence-corrected chi connectivity index (χ2v) is 9.87. The fourth-order valence-corrected chi connectivity index (χ4v) is 4.37. The van der Waals surface area contributed by atoms with Gasteiger partial charge in [-0.25, -0.2) is 14.2 Å². The molecule has 0 radical (unpaired) electrons. The number of allylic oxidation sites excluding steroid dienone is 2.